The molecule has 0 fully saturated rings. The van der Waals surface area contributed by atoms with Gasteiger partial charge in [-0.2, -0.15) is 0 Å². The molecule has 1 N–H and O–H groups in total. The van der Waals surface area contributed by atoms with Crippen LogP contribution in [0.3, 0.4) is 0 Å². The zero-order valence-corrected chi connectivity index (χ0v) is 12.6. The van der Waals surface area contributed by atoms with Crippen molar-refractivity contribution in [2.24, 2.45) is 0 Å². The first-order valence-corrected chi connectivity index (χ1v) is 8.49. The van der Waals surface area contributed by atoms with Crippen LogP contribution >= 0.6 is 0 Å². The van der Waals surface area contributed by atoms with E-state index in [9.17, 15) is 13.2 Å². The summed E-state index contributed by atoms with van der Waals surface area (Å²) in [4.78, 5) is 14.1. The fourth-order valence-electron chi connectivity index (χ4n) is 2.45. The highest BCUT2D eigenvalue weighted by Crippen LogP contribution is 2.27. The Labute approximate surface area is 120 Å². The lowest BCUT2D eigenvalue weighted by molar-refractivity contribution is -0.119. The molecule has 110 valence electrons. The maximum atomic E-state index is 12.4. The summed E-state index contributed by atoms with van der Waals surface area (Å²) < 4.78 is 25.9. The monoisotopic (exact) mass is 296 g/mol. The van der Waals surface area contributed by atoms with Crippen molar-refractivity contribution >= 4 is 21.6 Å². The molecule has 2 rings (SSSR count). The number of anilines is 1. The molecule has 1 heterocycles. The van der Waals surface area contributed by atoms with E-state index < -0.39 is 16.1 Å². The third-order valence-corrected chi connectivity index (χ3v) is 5.01. The number of benzene rings is 1. The van der Waals surface area contributed by atoms with Crippen molar-refractivity contribution in [1.82, 2.24) is 4.72 Å². The Hall–Kier alpha value is -1.40. The van der Waals surface area contributed by atoms with E-state index in [1.807, 2.05) is 24.3 Å². The van der Waals surface area contributed by atoms with Crippen molar-refractivity contribution in [2.75, 3.05) is 17.2 Å². The van der Waals surface area contributed by atoms with Crippen LogP contribution in [0.2, 0.25) is 0 Å². The fraction of sp³-hybridized carbons (Fsp3) is 0.500. The molecule has 20 heavy (non-hydrogen) atoms. The standard InChI is InChI=1S/C14H20N2O3S/c1-3-10-20(18,19)15-11(2)14(17)16-9-8-12-6-4-5-7-13(12)16/h4-7,11,15H,3,8-10H2,1-2H3/t11-/m0/s1. The third kappa shape index (κ3) is 3.19. The highest BCUT2D eigenvalue weighted by molar-refractivity contribution is 7.89. The van der Waals surface area contributed by atoms with E-state index in [0.29, 0.717) is 13.0 Å². The summed E-state index contributed by atoms with van der Waals surface area (Å²) in [7, 11) is -3.38. The van der Waals surface area contributed by atoms with Gasteiger partial charge < -0.3 is 4.90 Å². The number of para-hydroxylation sites is 1. The maximum absolute atomic E-state index is 12.4. The zero-order valence-electron chi connectivity index (χ0n) is 11.8. The first-order chi connectivity index (χ1) is 9.44. The number of sulfonamides is 1. The predicted octanol–water partition coefficient (Wildman–Crippen LogP) is 1.29. The van der Waals surface area contributed by atoms with E-state index in [4.69, 9.17) is 0 Å². The smallest absolute Gasteiger partial charge is 0.244 e. The summed E-state index contributed by atoms with van der Waals surface area (Å²) in [5.74, 6) is -0.157. The number of rotatable bonds is 5. The van der Waals surface area contributed by atoms with E-state index in [1.54, 1.807) is 18.7 Å². The quantitative estimate of drug-likeness (QED) is 0.890. The lowest BCUT2D eigenvalue weighted by Crippen LogP contribution is -2.47. The molecule has 0 aliphatic carbocycles. The topological polar surface area (TPSA) is 66.5 Å². The summed E-state index contributed by atoms with van der Waals surface area (Å²) in [6, 6.07) is 6.98. The zero-order chi connectivity index (χ0) is 14.8. The molecule has 0 unspecified atom stereocenters. The lowest BCUT2D eigenvalue weighted by Gasteiger charge is -2.22. The second-order valence-corrected chi connectivity index (χ2v) is 6.90. The molecule has 6 heteroatoms. The first-order valence-electron chi connectivity index (χ1n) is 6.84. The van der Waals surface area contributed by atoms with Gasteiger partial charge in [0, 0.05) is 12.2 Å². The molecule has 0 spiro atoms. The Balaban J connectivity index is 2.09. The van der Waals surface area contributed by atoms with E-state index in [2.05, 4.69) is 4.72 Å². The third-order valence-electron chi connectivity index (χ3n) is 3.35. The minimum Gasteiger partial charge on any atom is -0.310 e. The minimum atomic E-state index is -3.38. The number of nitrogens with one attached hydrogen (secondary N) is 1. The van der Waals surface area contributed by atoms with Crippen LogP contribution in [0.1, 0.15) is 25.8 Å². The molecule has 1 amide bonds. The Morgan fingerprint density at radius 2 is 2.10 bits per heavy atom. The van der Waals surface area contributed by atoms with Gasteiger partial charge in [0.2, 0.25) is 15.9 Å². The van der Waals surface area contributed by atoms with Crippen LogP contribution in [0.15, 0.2) is 24.3 Å². The van der Waals surface area contributed by atoms with Gasteiger partial charge in [0.15, 0.2) is 0 Å². The van der Waals surface area contributed by atoms with Crippen LogP contribution in [-0.2, 0) is 21.2 Å². The molecular weight excluding hydrogens is 276 g/mol. The highest BCUT2D eigenvalue weighted by Gasteiger charge is 2.29. The summed E-state index contributed by atoms with van der Waals surface area (Å²) in [5, 5.41) is 0. The number of fused-ring (bicyclic) bond motifs is 1. The van der Waals surface area contributed by atoms with Crippen molar-refractivity contribution in [3.05, 3.63) is 29.8 Å². The number of carbonyl (C=O) groups excluding carboxylic acids is 1. The molecule has 5 nitrogen and oxygen atoms in total. The van der Waals surface area contributed by atoms with Crippen LogP contribution in [0, 0.1) is 0 Å². The van der Waals surface area contributed by atoms with Gasteiger partial charge in [-0.1, -0.05) is 25.1 Å². The summed E-state index contributed by atoms with van der Waals surface area (Å²) >= 11 is 0. The second-order valence-electron chi connectivity index (χ2n) is 5.03. The average Bonchev–Trinajstić information content (AvgIpc) is 2.80. The molecule has 1 atom stereocenters. The minimum absolute atomic E-state index is 0.0429. The largest absolute Gasteiger partial charge is 0.310 e. The SMILES string of the molecule is CCCS(=O)(=O)N[C@@H](C)C(=O)N1CCc2ccccc21. The Morgan fingerprint density at radius 3 is 2.80 bits per heavy atom. The average molecular weight is 296 g/mol. The lowest BCUT2D eigenvalue weighted by atomic mass is 10.2. The van der Waals surface area contributed by atoms with Gasteiger partial charge in [-0.25, -0.2) is 13.1 Å². The predicted molar refractivity (Wildman–Crippen MR) is 79.2 cm³/mol. The molecule has 1 aromatic rings. The van der Waals surface area contributed by atoms with Gasteiger partial charge in [-0.05, 0) is 31.4 Å². The number of carbonyl (C=O) groups is 1. The van der Waals surface area contributed by atoms with Gasteiger partial charge in [0.05, 0.1) is 11.8 Å². The van der Waals surface area contributed by atoms with Crippen molar-refractivity contribution in [2.45, 2.75) is 32.7 Å². The molecule has 0 saturated heterocycles. The normalized spacial score (nSPS) is 16.0. The molecule has 0 saturated carbocycles. The highest BCUT2D eigenvalue weighted by atomic mass is 32.2. The van der Waals surface area contributed by atoms with Gasteiger partial charge in [-0.15, -0.1) is 0 Å². The van der Waals surface area contributed by atoms with Gasteiger partial charge in [0.1, 0.15) is 0 Å². The van der Waals surface area contributed by atoms with Crippen molar-refractivity contribution in [3.8, 4) is 0 Å². The Morgan fingerprint density at radius 1 is 1.40 bits per heavy atom. The molecule has 1 aliphatic heterocycles. The van der Waals surface area contributed by atoms with Crippen LogP contribution < -0.4 is 9.62 Å². The van der Waals surface area contributed by atoms with Crippen molar-refractivity contribution in [1.29, 1.82) is 0 Å². The van der Waals surface area contributed by atoms with Gasteiger partial charge in [-0.3, -0.25) is 4.79 Å². The molecule has 0 bridgehead atoms. The summed E-state index contributed by atoms with van der Waals surface area (Å²) in [5.41, 5.74) is 2.02. The van der Waals surface area contributed by atoms with Crippen LogP contribution in [-0.4, -0.2) is 32.7 Å². The Kier molecular flexibility index (Phi) is 4.45. The number of hydrogen-bond acceptors (Lipinski definition) is 3. The number of amides is 1. The molecule has 0 aromatic heterocycles. The maximum Gasteiger partial charge on any atom is 0.244 e. The number of nitrogens with zero attached hydrogens (tertiary/aromatic N) is 1. The molecule has 1 aliphatic rings. The number of hydrogen-bond donors (Lipinski definition) is 1. The molecular formula is C14H20N2O3S. The Bertz CT molecular complexity index is 598. The van der Waals surface area contributed by atoms with E-state index in [1.165, 1.54) is 0 Å². The fourth-order valence-corrected chi connectivity index (χ4v) is 3.74. The summed E-state index contributed by atoms with van der Waals surface area (Å²) in [6.45, 7) is 4.00. The van der Waals surface area contributed by atoms with Gasteiger partial charge >= 0.3 is 0 Å². The van der Waals surface area contributed by atoms with E-state index in [0.717, 1.165) is 17.7 Å². The van der Waals surface area contributed by atoms with Crippen LogP contribution in [0.5, 0.6) is 0 Å². The summed E-state index contributed by atoms with van der Waals surface area (Å²) in [6.07, 6.45) is 1.35. The van der Waals surface area contributed by atoms with E-state index >= 15 is 0 Å². The van der Waals surface area contributed by atoms with E-state index in [-0.39, 0.29) is 11.7 Å². The van der Waals surface area contributed by atoms with Gasteiger partial charge in [0.25, 0.3) is 0 Å². The van der Waals surface area contributed by atoms with Crippen LogP contribution in [0.25, 0.3) is 0 Å². The first kappa shape index (κ1) is 15.0. The van der Waals surface area contributed by atoms with Crippen LogP contribution in [0.4, 0.5) is 5.69 Å². The molecule has 0 radical (unpaired) electrons. The van der Waals surface area contributed by atoms with Crippen molar-refractivity contribution in [3.63, 3.8) is 0 Å². The molecule has 1 aromatic carbocycles. The second kappa shape index (κ2) is 5.93. The van der Waals surface area contributed by atoms with Crippen molar-refractivity contribution < 1.29 is 13.2 Å².